The number of likely N-dealkylation sites (N-methyl/N-ethyl adjacent to an activating group) is 1. The van der Waals surface area contributed by atoms with E-state index >= 15 is 0 Å². The Morgan fingerprint density at radius 2 is 2.31 bits per heavy atom. The van der Waals surface area contributed by atoms with Crippen LogP contribution in [0.2, 0.25) is 0 Å². The van der Waals surface area contributed by atoms with Crippen LogP contribution in [0.15, 0.2) is 25.7 Å². The zero-order chi connectivity index (χ0) is 9.68. The Hall–Kier alpha value is -0.0600. The second-order valence-electron chi connectivity index (χ2n) is 2.48. The molecule has 0 aliphatic rings. The molecule has 1 heterocycles. The lowest BCUT2D eigenvalue weighted by Crippen LogP contribution is -2.11. The third kappa shape index (κ3) is 3.67. The highest BCUT2D eigenvalue weighted by Gasteiger charge is 2.01. The van der Waals surface area contributed by atoms with Crippen LogP contribution < -0.4 is 5.32 Å². The number of halogens is 2. The van der Waals surface area contributed by atoms with Crippen LogP contribution in [0, 0.1) is 0 Å². The fourth-order valence-corrected chi connectivity index (χ4v) is 1.46. The minimum absolute atomic E-state index is 0.732. The molecule has 0 saturated heterocycles. The van der Waals surface area contributed by atoms with E-state index in [2.05, 4.69) is 44.1 Å². The summed E-state index contributed by atoms with van der Waals surface area (Å²) in [7, 11) is 0. The van der Waals surface area contributed by atoms with Gasteiger partial charge in [0.15, 0.2) is 4.67 Å². The Morgan fingerprint density at radius 3 is 2.85 bits per heavy atom. The van der Waals surface area contributed by atoms with Crippen LogP contribution in [0.1, 0.15) is 12.7 Å². The van der Waals surface area contributed by atoms with E-state index in [9.17, 15) is 0 Å². The van der Waals surface area contributed by atoms with Gasteiger partial charge in [-0.15, -0.1) is 0 Å². The van der Waals surface area contributed by atoms with E-state index in [1.54, 1.807) is 0 Å². The van der Waals surface area contributed by atoms with Gasteiger partial charge in [0.05, 0.1) is 4.47 Å². The van der Waals surface area contributed by atoms with Gasteiger partial charge in [0.25, 0.3) is 0 Å². The SMILES string of the molecule is CCNCC=Cc1cc(Br)c(Br)o1. The molecular weight excluding hydrogens is 298 g/mol. The average Bonchev–Trinajstić information content (AvgIpc) is 2.41. The maximum atomic E-state index is 5.35. The van der Waals surface area contributed by atoms with Gasteiger partial charge < -0.3 is 9.73 Å². The van der Waals surface area contributed by atoms with Crippen molar-refractivity contribution in [3.05, 3.63) is 27.0 Å². The summed E-state index contributed by atoms with van der Waals surface area (Å²) in [6.07, 6.45) is 3.97. The first-order chi connectivity index (χ1) is 6.24. The van der Waals surface area contributed by atoms with E-state index in [0.29, 0.717) is 0 Å². The second-order valence-corrected chi connectivity index (χ2v) is 4.06. The number of nitrogens with one attached hydrogen (secondary N) is 1. The van der Waals surface area contributed by atoms with Crippen LogP contribution in [0.4, 0.5) is 0 Å². The first-order valence-electron chi connectivity index (χ1n) is 4.06. The number of hydrogen-bond acceptors (Lipinski definition) is 2. The number of furan rings is 1. The van der Waals surface area contributed by atoms with Crippen LogP contribution in [0.3, 0.4) is 0 Å². The van der Waals surface area contributed by atoms with Crippen molar-refractivity contribution in [3.8, 4) is 0 Å². The molecule has 0 fully saturated rings. The van der Waals surface area contributed by atoms with Crippen molar-refractivity contribution in [2.24, 2.45) is 0 Å². The number of hydrogen-bond donors (Lipinski definition) is 1. The average molecular weight is 309 g/mol. The predicted molar refractivity (Wildman–Crippen MR) is 61.7 cm³/mol. The van der Waals surface area contributed by atoms with Gasteiger partial charge >= 0.3 is 0 Å². The van der Waals surface area contributed by atoms with E-state index in [1.165, 1.54) is 0 Å². The van der Waals surface area contributed by atoms with E-state index in [-0.39, 0.29) is 0 Å². The molecule has 0 spiro atoms. The molecule has 0 aliphatic carbocycles. The van der Waals surface area contributed by atoms with Gasteiger partial charge in [-0.1, -0.05) is 13.0 Å². The molecule has 1 rings (SSSR count). The van der Waals surface area contributed by atoms with Crippen LogP contribution in [0.5, 0.6) is 0 Å². The van der Waals surface area contributed by atoms with E-state index in [1.807, 2.05) is 18.2 Å². The van der Waals surface area contributed by atoms with Crippen molar-refractivity contribution in [2.45, 2.75) is 6.92 Å². The summed E-state index contributed by atoms with van der Waals surface area (Å²) in [6, 6.07) is 1.92. The van der Waals surface area contributed by atoms with Crippen molar-refractivity contribution in [3.63, 3.8) is 0 Å². The van der Waals surface area contributed by atoms with E-state index in [4.69, 9.17) is 4.42 Å². The Labute approximate surface area is 94.6 Å². The molecule has 1 aromatic rings. The first kappa shape index (κ1) is 11.0. The van der Waals surface area contributed by atoms with Crippen LogP contribution in [-0.2, 0) is 0 Å². The zero-order valence-electron chi connectivity index (χ0n) is 7.31. The van der Waals surface area contributed by atoms with Gasteiger partial charge in [-0.3, -0.25) is 0 Å². The molecule has 0 bridgehead atoms. The molecule has 13 heavy (non-hydrogen) atoms. The summed E-state index contributed by atoms with van der Waals surface area (Å²) in [5.74, 6) is 0.844. The molecule has 4 heteroatoms. The lowest BCUT2D eigenvalue weighted by Gasteiger charge is -1.91. The van der Waals surface area contributed by atoms with Crippen molar-refractivity contribution in [1.82, 2.24) is 5.32 Å². The third-order valence-corrected chi connectivity index (χ3v) is 3.17. The molecule has 1 aromatic heterocycles. The van der Waals surface area contributed by atoms with Gasteiger partial charge in [0.1, 0.15) is 5.76 Å². The van der Waals surface area contributed by atoms with Crippen molar-refractivity contribution in [2.75, 3.05) is 13.1 Å². The fourth-order valence-electron chi connectivity index (χ4n) is 0.848. The van der Waals surface area contributed by atoms with Gasteiger partial charge in [0, 0.05) is 6.54 Å². The molecule has 0 atom stereocenters. The minimum Gasteiger partial charge on any atom is -0.449 e. The second kappa shape index (κ2) is 5.62. The van der Waals surface area contributed by atoms with Gasteiger partial charge in [-0.2, -0.15) is 0 Å². The summed E-state index contributed by atoms with van der Waals surface area (Å²) in [5.41, 5.74) is 0. The molecule has 1 N–H and O–H groups in total. The molecular formula is C9H11Br2NO. The normalized spacial score (nSPS) is 11.3. The summed E-state index contributed by atoms with van der Waals surface area (Å²) in [6.45, 7) is 3.93. The molecule has 0 unspecified atom stereocenters. The van der Waals surface area contributed by atoms with E-state index < -0.39 is 0 Å². The topological polar surface area (TPSA) is 25.2 Å². The molecule has 0 aromatic carbocycles. The lowest BCUT2D eigenvalue weighted by molar-refractivity contribution is 0.529. The lowest BCUT2D eigenvalue weighted by atomic mass is 10.4. The minimum atomic E-state index is 0.732. The maximum Gasteiger partial charge on any atom is 0.184 e. The summed E-state index contributed by atoms with van der Waals surface area (Å²) in [4.78, 5) is 0. The summed E-state index contributed by atoms with van der Waals surface area (Å²) < 4.78 is 7.02. The highest BCUT2D eigenvalue weighted by Crippen LogP contribution is 2.27. The van der Waals surface area contributed by atoms with Gasteiger partial charge in [-0.25, -0.2) is 0 Å². The monoisotopic (exact) mass is 307 g/mol. The van der Waals surface area contributed by atoms with Crippen molar-refractivity contribution < 1.29 is 4.42 Å². The predicted octanol–water partition coefficient (Wildman–Crippen LogP) is 3.43. The fraction of sp³-hybridized carbons (Fsp3) is 0.333. The molecule has 0 aliphatic heterocycles. The van der Waals surface area contributed by atoms with Crippen LogP contribution in [0.25, 0.3) is 6.08 Å². The Morgan fingerprint density at radius 1 is 1.54 bits per heavy atom. The smallest absolute Gasteiger partial charge is 0.184 e. The van der Waals surface area contributed by atoms with Gasteiger partial charge in [-0.05, 0) is 50.5 Å². The molecule has 0 saturated carbocycles. The third-order valence-electron chi connectivity index (χ3n) is 1.46. The summed E-state index contributed by atoms with van der Waals surface area (Å²) >= 11 is 6.62. The maximum absolute atomic E-state index is 5.35. The van der Waals surface area contributed by atoms with Crippen molar-refractivity contribution in [1.29, 1.82) is 0 Å². The van der Waals surface area contributed by atoms with Crippen LogP contribution in [-0.4, -0.2) is 13.1 Å². The van der Waals surface area contributed by atoms with Crippen LogP contribution >= 0.6 is 31.9 Å². The quantitative estimate of drug-likeness (QED) is 0.862. The van der Waals surface area contributed by atoms with Crippen molar-refractivity contribution >= 4 is 37.9 Å². The van der Waals surface area contributed by atoms with Gasteiger partial charge in [0.2, 0.25) is 0 Å². The standard InChI is InChI=1S/C9H11Br2NO/c1-2-12-5-3-4-7-6-8(10)9(11)13-7/h3-4,6,12H,2,5H2,1H3. The first-order valence-corrected chi connectivity index (χ1v) is 5.64. The highest BCUT2D eigenvalue weighted by molar-refractivity contribution is 9.13. The van der Waals surface area contributed by atoms with E-state index in [0.717, 1.165) is 28.0 Å². The summed E-state index contributed by atoms with van der Waals surface area (Å²) in [5, 5.41) is 3.19. The molecule has 0 amide bonds. The largest absolute Gasteiger partial charge is 0.449 e. The Bertz CT molecular complexity index is 274. The molecule has 72 valence electrons. The molecule has 2 nitrogen and oxygen atoms in total. The Kier molecular flexibility index (Phi) is 4.77. The Balaban J connectivity index is 2.49. The molecule has 0 radical (unpaired) electrons. The highest BCUT2D eigenvalue weighted by atomic mass is 79.9. The number of rotatable bonds is 4. The zero-order valence-corrected chi connectivity index (χ0v) is 10.5.